The molecule has 0 aromatic rings. The zero-order chi connectivity index (χ0) is 15.1. The molecule has 0 heterocycles. The normalized spacial score (nSPS) is 11.2. The van der Waals surface area contributed by atoms with Crippen molar-refractivity contribution >= 4 is 0 Å². The maximum atomic E-state index is 3.31. The molecule has 0 heteroatoms. The Kier molecular flexibility index (Phi) is 13.2. The fourth-order valence-electron chi connectivity index (χ4n) is 2.38. The van der Waals surface area contributed by atoms with Gasteiger partial charge in [0.25, 0.3) is 0 Å². The van der Waals surface area contributed by atoms with Gasteiger partial charge in [-0.3, -0.25) is 0 Å². The van der Waals surface area contributed by atoms with Crippen LogP contribution in [0.15, 0.2) is 0 Å². The minimum Gasteiger partial charge on any atom is -0.103 e. The summed E-state index contributed by atoms with van der Waals surface area (Å²) in [4.78, 5) is 0. The zero-order valence-electron chi connectivity index (χ0n) is 14.7. The summed E-state index contributed by atoms with van der Waals surface area (Å²) in [6, 6.07) is 0. The number of hydrogen-bond acceptors (Lipinski definition) is 0. The first-order valence-corrected chi connectivity index (χ1v) is 9.06. The van der Waals surface area contributed by atoms with Crippen molar-refractivity contribution in [3.63, 3.8) is 0 Å². The van der Waals surface area contributed by atoms with Gasteiger partial charge in [-0.1, -0.05) is 83.5 Å². The van der Waals surface area contributed by atoms with Gasteiger partial charge < -0.3 is 0 Å². The molecule has 20 heavy (non-hydrogen) atoms. The quantitative estimate of drug-likeness (QED) is 0.263. The van der Waals surface area contributed by atoms with E-state index >= 15 is 0 Å². The van der Waals surface area contributed by atoms with Crippen molar-refractivity contribution in [2.45, 2.75) is 111 Å². The Morgan fingerprint density at radius 3 is 1.40 bits per heavy atom. The van der Waals surface area contributed by atoms with Crippen LogP contribution < -0.4 is 0 Å². The van der Waals surface area contributed by atoms with Crippen LogP contribution in [0.2, 0.25) is 0 Å². The summed E-state index contributed by atoms with van der Waals surface area (Å²) in [6.07, 6.45) is 18.1. The van der Waals surface area contributed by atoms with Gasteiger partial charge in [0.05, 0.1) is 0 Å². The van der Waals surface area contributed by atoms with Gasteiger partial charge in [0.1, 0.15) is 0 Å². The van der Waals surface area contributed by atoms with Gasteiger partial charge in [-0.15, -0.1) is 5.92 Å². The molecule has 0 amide bonds. The lowest BCUT2D eigenvalue weighted by Crippen LogP contribution is -1.98. The summed E-state index contributed by atoms with van der Waals surface area (Å²) >= 11 is 0. The number of unbranched alkanes of at least 4 members (excludes halogenated alkanes) is 12. The first-order chi connectivity index (χ1) is 9.56. The second-order valence-electron chi connectivity index (χ2n) is 7.19. The third-order valence-electron chi connectivity index (χ3n) is 3.62. The van der Waals surface area contributed by atoms with Gasteiger partial charge in [-0.05, 0) is 27.2 Å². The highest BCUT2D eigenvalue weighted by molar-refractivity contribution is 5.06. The van der Waals surface area contributed by atoms with Crippen LogP contribution in [-0.2, 0) is 0 Å². The van der Waals surface area contributed by atoms with Crippen LogP contribution in [0.1, 0.15) is 111 Å². The Labute approximate surface area is 129 Å². The molecule has 0 saturated heterocycles. The SMILES string of the molecule is CCCCCCCCCCCCCCC#CC(C)(C)C. The number of hydrogen-bond donors (Lipinski definition) is 0. The highest BCUT2D eigenvalue weighted by Gasteiger charge is 2.02. The lowest BCUT2D eigenvalue weighted by Gasteiger charge is -2.06. The van der Waals surface area contributed by atoms with Crippen LogP contribution in [0, 0.1) is 17.3 Å². The zero-order valence-corrected chi connectivity index (χ0v) is 14.7. The van der Waals surface area contributed by atoms with Crippen molar-refractivity contribution in [2.24, 2.45) is 5.41 Å². The molecule has 0 spiro atoms. The van der Waals surface area contributed by atoms with Gasteiger partial charge in [0.2, 0.25) is 0 Å². The van der Waals surface area contributed by atoms with Gasteiger partial charge in [-0.2, -0.15) is 0 Å². The minimum atomic E-state index is 0.178. The van der Waals surface area contributed by atoms with E-state index in [2.05, 4.69) is 39.5 Å². The first kappa shape index (κ1) is 19.6. The molecule has 0 nitrogen and oxygen atoms in total. The van der Waals surface area contributed by atoms with Crippen molar-refractivity contribution in [3.05, 3.63) is 0 Å². The maximum absolute atomic E-state index is 3.31. The van der Waals surface area contributed by atoms with Crippen LogP contribution in [0.4, 0.5) is 0 Å². The second-order valence-corrected chi connectivity index (χ2v) is 7.19. The molecular weight excluding hydrogens is 240 g/mol. The first-order valence-electron chi connectivity index (χ1n) is 9.06. The van der Waals surface area contributed by atoms with Crippen LogP contribution in [0.5, 0.6) is 0 Å². The average Bonchev–Trinajstić information content (AvgIpc) is 2.38. The summed E-state index contributed by atoms with van der Waals surface area (Å²) in [5.41, 5.74) is 0.178. The van der Waals surface area contributed by atoms with E-state index in [1.165, 1.54) is 77.0 Å². The molecule has 0 atom stereocenters. The molecule has 0 bridgehead atoms. The third-order valence-corrected chi connectivity index (χ3v) is 3.62. The molecule has 0 aliphatic rings. The van der Waals surface area contributed by atoms with Gasteiger partial charge in [0.15, 0.2) is 0 Å². The van der Waals surface area contributed by atoms with Crippen molar-refractivity contribution in [3.8, 4) is 11.8 Å². The average molecular weight is 279 g/mol. The molecule has 0 aromatic carbocycles. The molecular formula is C20H38. The molecule has 0 aliphatic heterocycles. The minimum absolute atomic E-state index is 0.178. The predicted molar refractivity (Wildman–Crippen MR) is 92.9 cm³/mol. The van der Waals surface area contributed by atoms with Crippen molar-refractivity contribution in [1.29, 1.82) is 0 Å². The van der Waals surface area contributed by atoms with Crippen molar-refractivity contribution in [2.75, 3.05) is 0 Å². The Morgan fingerprint density at radius 2 is 1.00 bits per heavy atom. The van der Waals surface area contributed by atoms with Crippen LogP contribution in [0.3, 0.4) is 0 Å². The fraction of sp³-hybridized carbons (Fsp3) is 0.900. The van der Waals surface area contributed by atoms with Crippen LogP contribution >= 0.6 is 0 Å². The molecule has 0 N–H and O–H groups in total. The second kappa shape index (κ2) is 13.5. The summed E-state index contributed by atoms with van der Waals surface area (Å²) in [6.45, 7) is 8.83. The summed E-state index contributed by atoms with van der Waals surface area (Å²) in [5, 5.41) is 0. The number of rotatable bonds is 12. The molecule has 0 saturated carbocycles. The third kappa shape index (κ3) is 17.6. The van der Waals surface area contributed by atoms with Crippen LogP contribution in [0.25, 0.3) is 0 Å². The molecule has 0 fully saturated rings. The maximum Gasteiger partial charge on any atom is 0.0230 e. The summed E-state index contributed by atoms with van der Waals surface area (Å²) in [5.74, 6) is 6.62. The van der Waals surface area contributed by atoms with E-state index in [0.717, 1.165) is 6.42 Å². The Balaban J connectivity index is 3.11. The Hall–Kier alpha value is -0.440. The van der Waals surface area contributed by atoms with E-state index in [1.54, 1.807) is 0 Å². The molecule has 0 radical (unpaired) electrons. The van der Waals surface area contributed by atoms with E-state index in [-0.39, 0.29) is 5.41 Å². The van der Waals surface area contributed by atoms with Crippen molar-refractivity contribution < 1.29 is 0 Å². The predicted octanol–water partition coefficient (Wildman–Crippen LogP) is 7.13. The standard InChI is InChI=1S/C20H38/c1-5-6-7-8-9-10-11-12-13-14-15-16-17-18-19-20(2,3)4/h5-17H2,1-4H3. The fourth-order valence-corrected chi connectivity index (χ4v) is 2.38. The highest BCUT2D eigenvalue weighted by Crippen LogP contribution is 2.13. The molecule has 0 unspecified atom stereocenters. The van der Waals surface area contributed by atoms with E-state index in [4.69, 9.17) is 0 Å². The smallest absolute Gasteiger partial charge is 0.0230 e. The summed E-state index contributed by atoms with van der Waals surface area (Å²) in [7, 11) is 0. The summed E-state index contributed by atoms with van der Waals surface area (Å²) < 4.78 is 0. The van der Waals surface area contributed by atoms with Crippen molar-refractivity contribution in [1.82, 2.24) is 0 Å². The molecule has 0 aromatic heterocycles. The van der Waals surface area contributed by atoms with E-state index in [0.29, 0.717) is 0 Å². The van der Waals surface area contributed by atoms with E-state index in [9.17, 15) is 0 Å². The Bertz CT molecular complexity index is 245. The lowest BCUT2D eigenvalue weighted by atomic mass is 9.97. The van der Waals surface area contributed by atoms with E-state index in [1.807, 2.05) is 0 Å². The molecule has 0 aliphatic carbocycles. The van der Waals surface area contributed by atoms with Crippen LogP contribution in [-0.4, -0.2) is 0 Å². The van der Waals surface area contributed by atoms with Gasteiger partial charge >= 0.3 is 0 Å². The van der Waals surface area contributed by atoms with Gasteiger partial charge in [0, 0.05) is 11.8 Å². The molecule has 118 valence electrons. The highest BCUT2D eigenvalue weighted by atomic mass is 14.1. The largest absolute Gasteiger partial charge is 0.103 e. The topological polar surface area (TPSA) is 0 Å². The van der Waals surface area contributed by atoms with E-state index < -0.39 is 0 Å². The Morgan fingerprint density at radius 1 is 0.600 bits per heavy atom. The molecule has 0 rings (SSSR count). The lowest BCUT2D eigenvalue weighted by molar-refractivity contribution is 0.545. The van der Waals surface area contributed by atoms with Gasteiger partial charge in [-0.25, -0.2) is 0 Å². The monoisotopic (exact) mass is 278 g/mol.